The maximum atomic E-state index is 12.8. The lowest BCUT2D eigenvalue weighted by Gasteiger charge is -2.18. The fourth-order valence-corrected chi connectivity index (χ4v) is 3.99. The van der Waals surface area contributed by atoms with E-state index in [-0.39, 0.29) is 5.91 Å². The minimum Gasteiger partial charge on any atom is -0.495 e. The van der Waals surface area contributed by atoms with Crippen LogP contribution in [0.3, 0.4) is 0 Å². The van der Waals surface area contributed by atoms with Crippen LogP contribution in [0, 0.1) is 12.5 Å². The molecular weight excluding hydrogens is 316 g/mol. The molecule has 3 rings (SSSR count). The fraction of sp³-hybridized carbons (Fsp3) is 0.211. The molecular formula is C19H20N2O2Si. The molecule has 4 nitrogen and oxygen atoms in total. The number of nitrogens with one attached hydrogen (secondary N) is 1. The highest BCUT2D eigenvalue weighted by Crippen LogP contribution is 2.37. The van der Waals surface area contributed by atoms with E-state index in [1.807, 2.05) is 18.2 Å². The van der Waals surface area contributed by atoms with Crippen molar-refractivity contribution in [2.24, 2.45) is 0 Å². The standard InChI is InChI=1S/C19H20N2O2Si/c1-6-21-17-8-7-13(24(3,4)5)11-14(17)15(19(21)22)12-16-18(23-2)9-10-20-16/h1,7-12,20H,2-5H3/b15-12-. The third kappa shape index (κ3) is 2.55. The summed E-state index contributed by atoms with van der Waals surface area (Å²) in [5.41, 5.74) is 2.99. The molecule has 1 N–H and O–H groups in total. The second kappa shape index (κ2) is 5.73. The summed E-state index contributed by atoms with van der Waals surface area (Å²) in [5, 5.41) is 1.29. The summed E-state index contributed by atoms with van der Waals surface area (Å²) in [6.07, 6.45) is 9.15. The number of hydrogen-bond acceptors (Lipinski definition) is 2. The van der Waals surface area contributed by atoms with Crippen molar-refractivity contribution < 1.29 is 9.53 Å². The molecule has 24 heavy (non-hydrogen) atoms. The Morgan fingerprint density at radius 1 is 1.29 bits per heavy atom. The molecule has 0 unspecified atom stereocenters. The highest BCUT2D eigenvalue weighted by molar-refractivity contribution is 6.88. The van der Waals surface area contributed by atoms with E-state index < -0.39 is 8.07 Å². The number of aromatic nitrogens is 1. The zero-order valence-corrected chi connectivity index (χ0v) is 15.3. The van der Waals surface area contributed by atoms with E-state index in [9.17, 15) is 4.79 Å². The van der Waals surface area contributed by atoms with Gasteiger partial charge in [0.1, 0.15) is 5.75 Å². The third-order valence-corrected chi connectivity index (χ3v) is 6.25. The summed E-state index contributed by atoms with van der Waals surface area (Å²) in [7, 11) is 0.106. The smallest absolute Gasteiger partial charge is 0.270 e. The number of methoxy groups -OCH3 is 1. The summed E-state index contributed by atoms with van der Waals surface area (Å²) in [6.45, 7) is 6.84. The maximum absolute atomic E-state index is 12.8. The van der Waals surface area contributed by atoms with Gasteiger partial charge < -0.3 is 9.72 Å². The van der Waals surface area contributed by atoms with Gasteiger partial charge in [-0.15, -0.1) is 0 Å². The molecule has 5 heteroatoms. The predicted molar refractivity (Wildman–Crippen MR) is 101 cm³/mol. The molecule has 0 aliphatic carbocycles. The largest absolute Gasteiger partial charge is 0.495 e. The molecule has 0 bridgehead atoms. The Morgan fingerprint density at radius 3 is 2.67 bits per heavy atom. The van der Waals surface area contributed by atoms with Crippen LogP contribution in [0.4, 0.5) is 5.69 Å². The predicted octanol–water partition coefficient (Wildman–Crippen LogP) is 3.05. The number of benzene rings is 1. The Bertz CT molecular complexity index is 882. The van der Waals surface area contributed by atoms with E-state index in [0.29, 0.717) is 11.3 Å². The zero-order chi connectivity index (χ0) is 17.5. The Kier molecular flexibility index (Phi) is 3.86. The number of rotatable bonds is 3. The lowest BCUT2D eigenvalue weighted by Crippen LogP contribution is -2.37. The van der Waals surface area contributed by atoms with Gasteiger partial charge in [-0.25, -0.2) is 4.90 Å². The van der Waals surface area contributed by atoms with E-state index in [4.69, 9.17) is 11.2 Å². The number of amides is 1. The molecule has 0 atom stereocenters. The lowest BCUT2D eigenvalue weighted by molar-refractivity contribution is -0.112. The molecule has 1 aromatic carbocycles. The van der Waals surface area contributed by atoms with Gasteiger partial charge in [-0.3, -0.25) is 4.79 Å². The fourth-order valence-electron chi connectivity index (χ4n) is 2.83. The first-order valence-corrected chi connectivity index (χ1v) is 11.3. The number of anilines is 1. The highest BCUT2D eigenvalue weighted by Gasteiger charge is 2.33. The van der Waals surface area contributed by atoms with Gasteiger partial charge in [0, 0.05) is 17.8 Å². The number of H-pyrrole nitrogens is 1. The summed E-state index contributed by atoms with van der Waals surface area (Å²) in [4.78, 5) is 17.2. The summed E-state index contributed by atoms with van der Waals surface area (Å²) in [5.74, 6) is 0.509. The summed E-state index contributed by atoms with van der Waals surface area (Å²) in [6, 6.07) is 10.4. The molecule has 1 aliphatic rings. The molecule has 1 aliphatic heterocycles. The van der Waals surface area contributed by atoms with Crippen molar-refractivity contribution in [2.75, 3.05) is 12.0 Å². The van der Waals surface area contributed by atoms with Crippen LogP contribution in [0.25, 0.3) is 11.6 Å². The van der Waals surface area contributed by atoms with Gasteiger partial charge in [0.2, 0.25) is 0 Å². The van der Waals surface area contributed by atoms with Gasteiger partial charge in [0.05, 0.1) is 32.1 Å². The highest BCUT2D eigenvalue weighted by atomic mass is 28.3. The number of aromatic amines is 1. The Hall–Kier alpha value is -2.71. The van der Waals surface area contributed by atoms with E-state index in [1.165, 1.54) is 10.1 Å². The topological polar surface area (TPSA) is 45.3 Å². The zero-order valence-electron chi connectivity index (χ0n) is 14.3. The van der Waals surface area contributed by atoms with Crippen LogP contribution >= 0.6 is 0 Å². The van der Waals surface area contributed by atoms with Crippen LogP contribution in [0.5, 0.6) is 5.75 Å². The second-order valence-corrected chi connectivity index (χ2v) is 11.8. The Balaban J connectivity index is 2.19. The molecule has 1 aromatic heterocycles. The van der Waals surface area contributed by atoms with Gasteiger partial charge in [-0.1, -0.05) is 43.4 Å². The molecule has 0 radical (unpaired) electrons. The first-order chi connectivity index (χ1) is 11.4. The van der Waals surface area contributed by atoms with Crippen molar-refractivity contribution in [1.29, 1.82) is 0 Å². The Morgan fingerprint density at radius 2 is 2.04 bits per heavy atom. The number of terminal acetylenes is 1. The number of nitrogens with zero attached hydrogens (tertiary/aromatic N) is 1. The van der Waals surface area contributed by atoms with Crippen LogP contribution in [0.2, 0.25) is 19.6 Å². The van der Waals surface area contributed by atoms with Crippen LogP contribution in [0.15, 0.2) is 30.5 Å². The number of carbonyl (C=O) groups excluding carboxylic acids is 1. The molecule has 2 heterocycles. The Labute approximate surface area is 143 Å². The molecule has 1 amide bonds. The van der Waals surface area contributed by atoms with Gasteiger partial charge >= 0.3 is 0 Å². The van der Waals surface area contributed by atoms with Crippen molar-refractivity contribution >= 4 is 36.5 Å². The van der Waals surface area contributed by atoms with Gasteiger partial charge in [-0.2, -0.15) is 0 Å². The van der Waals surface area contributed by atoms with Crippen molar-refractivity contribution in [3.63, 3.8) is 0 Å². The van der Waals surface area contributed by atoms with Crippen LogP contribution in [-0.4, -0.2) is 26.1 Å². The van der Waals surface area contributed by atoms with Crippen LogP contribution < -0.4 is 14.8 Å². The molecule has 0 saturated carbocycles. The van der Waals surface area contributed by atoms with Crippen LogP contribution in [0.1, 0.15) is 11.3 Å². The molecule has 122 valence electrons. The monoisotopic (exact) mass is 336 g/mol. The van der Waals surface area contributed by atoms with Gasteiger partial charge in [0.15, 0.2) is 0 Å². The lowest BCUT2D eigenvalue weighted by atomic mass is 10.1. The van der Waals surface area contributed by atoms with Crippen molar-refractivity contribution in [3.8, 4) is 18.2 Å². The van der Waals surface area contributed by atoms with Crippen molar-refractivity contribution in [2.45, 2.75) is 19.6 Å². The SMILES string of the molecule is C#CN1C(=O)/C(=C\c2[nH]ccc2OC)c2cc([Si](C)(C)C)ccc21. The number of ether oxygens (including phenoxy) is 1. The number of hydrogen-bond donors (Lipinski definition) is 1. The molecule has 0 fully saturated rings. The van der Waals surface area contributed by atoms with Crippen molar-refractivity contribution in [1.82, 2.24) is 4.98 Å². The minimum absolute atomic E-state index is 0.183. The van der Waals surface area contributed by atoms with Gasteiger partial charge in [0.25, 0.3) is 5.91 Å². The normalized spacial score (nSPS) is 15.5. The van der Waals surface area contributed by atoms with Gasteiger partial charge in [-0.05, 0) is 18.2 Å². The van der Waals surface area contributed by atoms with E-state index in [2.05, 4.69) is 42.8 Å². The molecule has 2 aromatic rings. The van der Waals surface area contributed by atoms with Crippen molar-refractivity contribution in [3.05, 3.63) is 41.7 Å². The van der Waals surface area contributed by atoms with E-state index in [1.54, 1.807) is 13.3 Å². The van der Waals surface area contributed by atoms with E-state index >= 15 is 0 Å². The maximum Gasteiger partial charge on any atom is 0.270 e. The quantitative estimate of drug-likeness (QED) is 0.532. The molecule has 0 spiro atoms. The summed E-state index contributed by atoms with van der Waals surface area (Å²) < 4.78 is 5.32. The average molecular weight is 336 g/mol. The number of carbonyl (C=O) groups is 1. The minimum atomic E-state index is -1.50. The second-order valence-electron chi connectivity index (χ2n) is 6.77. The first kappa shape index (κ1) is 16.2. The van der Waals surface area contributed by atoms with Crippen LogP contribution in [-0.2, 0) is 4.79 Å². The molecule has 0 saturated heterocycles. The number of fused-ring (bicyclic) bond motifs is 1. The van der Waals surface area contributed by atoms with E-state index in [0.717, 1.165) is 16.9 Å². The first-order valence-electron chi connectivity index (χ1n) is 7.75. The average Bonchev–Trinajstić information content (AvgIpc) is 3.09. The third-order valence-electron chi connectivity index (χ3n) is 4.20. The summed E-state index contributed by atoms with van der Waals surface area (Å²) >= 11 is 0.